The Morgan fingerprint density at radius 1 is 1.32 bits per heavy atom. The van der Waals surface area contributed by atoms with Crippen LogP contribution in [0.25, 0.3) is 22.5 Å². The number of nitriles is 1. The zero-order chi connectivity index (χ0) is 20.5. The molecule has 6 nitrogen and oxygen atoms in total. The van der Waals surface area contributed by atoms with Gasteiger partial charge in [-0.05, 0) is 37.6 Å². The first-order chi connectivity index (χ1) is 13.3. The van der Waals surface area contributed by atoms with Crippen molar-refractivity contribution >= 4 is 28.6 Å². The smallest absolute Gasteiger partial charge is 0.337 e. The summed E-state index contributed by atoms with van der Waals surface area (Å²) < 4.78 is 5.99. The number of methoxy groups -OCH3 is 1. The van der Waals surface area contributed by atoms with Crippen LogP contribution in [0, 0.1) is 18.3 Å². The molecule has 0 fully saturated rings. The Morgan fingerprint density at radius 2 is 2.07 bits per heavy atom. The lowest BCUT2D eigenvalue weighted by molar-refractivity contribution is 0.0600. The molecule has 0 aliphatic rings. The molecule has 0 saturated heterocycles. The molecule has 1 unspecified atom stereocenters. The Kier molecular flexibility index (Phi) is 5.52. The fourth-order valence-electron chi connectivity index (χ4n) is 3.03. The minimum Gasteiger partial charge on any atom is -0.465 e. The quantitative estimate of drug-likeness (QED) is 0.310. The number of hydrogen-bond acceptors (Lipinski definition) is 5. The minimum absolute atomic E-state index is 0.408. The topological polar surface area (TPSA) is 80.8 Å². The maximum absolute atomic E-state index is 12.0. The largest absolute Gasteiger partial charge is 0.465 e. The van der Waals surface area contributed by atoms with Gasteiger partial charge in [0.15, 0.2) is 0 Å². The minimum atomic E-state index is -0.633. The molecule has 2 heterocycles. The monoisotopic (exact) mass is 486 g/mol. The van der Waals surface area contributed by atoms with Crippen molar-refractivity contribution in [2.24, 2.45) is 7.05 Å². The van der Waals surface area contributed by atoms with Crippen LogP contribution in [-0.4, -0.2) is 27.8 Å². The standard InChI is InChI=1S/C21H19IN4O2/c1-13-8-15(20(27)28-4)10-18(25-13)17-11-24-26(3)19(17)14-6-5-7-16(9-14)21(2,22)12-23/h5-11H,1-4H3. The molecule has 1 atom stereocenters. The third-order valence-corrected chi connectivity index (χ3v) is 5.34. The highest BCUT2D eigenvalue weighted by atomic mass is 127. The number of alkyl halides is 1. The fraction of sp³-hybridized carbons (Fsp3) is 0.238. The van der Waals surface area contributed by atoms with Crippen molar-refractivity contribution in [2.45, 2.75) is 17.3 Å². The number of halogens is 1. The van der Waals surface area contributed by atoms with Gasteiger partial charge in [-0.15, -0.1) is 0 Å². The summed E-state index contributed by atoms with van der Waals surface area (Å²) >= 11 is 2.14. The molecule has 3 rings (SSSR count). The second-order valence-corrected chi connectivity index (χ2v) is 8.76. The summed E-state index contributed by atoms with van der Waals surface area (Å²) in [4.78, 5) is 16.6. The number of pyridine rings is 1. The maximum Gasteiger partial charge on any atom is 0.337 e. The molecule has 7 heteroatoms. The lowest BCUT2D eigenvalue weighted by atomic mass is 9.97. The normalized spacial score (nSPS) is 12.9. The fourth-order valence-corrected chi connectivity index (χ4v) is 3.37. The average Bonchev–Trinajstić information content (AvgIpc) is 3.08. The third-order valence-electron chi connectivity index (χ3n) is 4.48. The van der Waals surface area contributed by atoms with E-state index in [9.17, 15) is 10.1 Å². The van der Waals surface area contributed by atoms with Crippen LogP contribution in [0.5, 0.6) is 0 Å². The van der Waals surface area contributed by atoms with Gasteiger partial charge in [-0.2, -0.15) is 10.4 Å². The molecule has 0 saturated carbocycles. The van der Waals surface area contributed by atoms with Crippen LogP contribution in [-0.2, 0) is 15.2 Å². The molecule has 0 aliphatic carbocycles. The summed E-state index contributed by atoms with van der Waals surface area (Å²) in [6.07, 6.45) is 1.73. The van der Waals surface area contributed by atoms with Crippen molar-refractivity contribution in [3.05, 3.63) is 59.4 Å². The molecular formula is C21H19IN4O2. The van der Waals surface area contributed by atoms with Gasteiger partial charge in [-0.1, -0.05) is 40.8 Å². The number of esters is 1. The van der Waals surface area contributed by atoms with E-state index in [1.54, 1.807) is 23.0 Å². The van der Waals surface area contributed by atoms with Crippen LogP contribution in [0.1, 0.15) is 28.5 Å². The molecule has 0 spiro atoms. The Bertz CT molecular complexity index is 1100. The van der Waals surface area contributed by atoms with E-state index >= 15 is 0 Å². The highest BCUT2D eigenvalue weighted by molar-refractivity contribution is 14.1. The van der Waals surface area contributed by atoms with Crippen molar-refractivity contribution in [1.82, 2.24) is 14.8 Å². The van der Waals surface area contributed by atoms with Gasteiger partial charge in [-0.25, -0.2) is 4.79 Å². The summed E-state index contributed by atoms with van der Waals surface area (Å²) in [6, 6.07) is 13.6. The van der Waals surface area contributed by atoms with E-state index in [0.717, 1.165) is 22.4 Å². The molecule has 0 amide bonds. The van der Waals surface area contributed by atoms with E-state index < -0.39 is 9.39 Å². The first-order valence-electron chi connectivity index (χ1n) is 8.57. The number of ether oxygens (including phenoxy) is 1. The lowest BCUT2D eigenvalue weighted by Gasteiger charge is -2.15. The Morgan fingerprint density at radius 3 is 2.75 bits per heavy atom. The molecule has 0 radical (unpaired) electrons. The summed E-state index contributed by atoms with van der Waals surface area (Å²) in [5, 5.41) is 13.9. The van der Waals surface area contributed by atoms with Gasteiger partial charge >= 0.3 is 5.97 Å². The molecule has 0 aliphatic heterocycles. The van der Waals surface area contributed by atoms with Crippen LogP contribution in [0.3, 0.4) is 0 Å². The van der Waals surface area contributed by atoms with E-state index in [2.05, 4.69) is 38.7 Å². The number of carbonyl (C=O) groups excluding carboxylic acids is 1. The molecule has 0 bridgehead atoms. The number of rotatable bonds is 4. The van der Waals surface area contributed by atoms with E-state index in [1.807, 2.05) is 45.2 Å². The van der Waals surface area contributed by atoms with Gasteiger partial charge in [0, 0.05) is 23.9 Å². The van der Waals surface area contributed by atoms with E-state index in [0.29, 0.717) is 17.0 Å². The number of carbonyl (C=O) groups is 1. The van der Waals surface area contributed by atoms with Crippen LogP contribution in [0.15, 0.2) is 42.6 Å². The number of nitrogens with zero attached hydrogens (tertiary/aromatic N) is 4. The average molecular weight is 486 g/mol. The second kappa shape index (κ2) is 7.72. The Labute approximate surface area is 177 Å². The van der Waals surface area contributed by atoms with E-state index in [-0.39, 0.29) is 0 Å². The van der Waals surface area contributed by atoms with Crippen LogP contribution in [0.4, 0.5) is 0 Å². The molecule has 1 aromatic carbocycles. The van der Waals surface area contributed by atoms with E-state index in [4.69, 9.17) is 4.74 Å². The molecule has 3 aromatic rings. The maximum atomic E-state index is 12.0. The van der Waals surface area contributed by atoms with Gasteiger partial charge < -0.3 is 4.74 Å². The van der Waals surface area contributed by atoms with Gasteiger partial charge in [0.2, 0.25) is 0 Å². The number of hydrogen-bond donors (Lipinski definition) is 0. The summed E-state index contributed by atoms with van der Waals surface area (Å²) in [5.41, 5.74) is 5.30. The molecule has 2 aromatic heterocycles. The van der Waals surface area contributed by atoms with Gasteiger partial charge in [0.25, 0.3) is 0 Å². The zero-order valence-electron chi connectivity index (χ0n) is 16.0. The third kappa shape index (κ3) is 3.78. The van der Waals surface area contributed by atoms with Crippen molar-refractivity contribution in [2.75, 3.05) is 7.11 Å². The highest BCUT2D eigenvalue weighted by Gasteiger charge is 2.24. The summed E-state index contributed by atoms with van der Waals surface area (Å²) in [6.45, 7) is 3.71. The Balaban J connectivity index is 2.18. The SMILES string of the molecule is COC(=O)c1cc(C)nc(-c2cnn(C)c2-c2cccc(C(C)(I)C#N)c2)c1. The summed E-state index contributed by atoms with van der Waals surface area (Å²) in [5.74, 6) is -0.408. The van der Waals surface area contributed by atoms with Crippen LogP contribution in [0.2, 0.25) is 0 Å². The Hall–Kier alpha value is -2.73. The first kappa shape index (κ1) is 20.0. The van der Waals surface area contributed by atoms with Crippen LogP contribution < -0.4 is 0 Å². The molecular weight excluding hydrogens is 467 g/mol. The number of benzene rings is 1. The van der Waals surface area contributed by atoms with Crippen molar-refractivity contribution in [3.63, 3.8) is 0 Å². The lowest BCUT2D eigenvalue weighted by Crippen LogP contribution is -2.09. The van der Waals surface area contributed by atoms with Gasteiger partial charge in [0.05, 0.1) is 36.3 Å². The second-order valence-electron chi connectivity index (χ2n) is 6.60. The molecule has 0 N–H and O–H groups in total. The van der Waals surface area contributed by atoms with Crippen molar-refractivity contribution < 1.29 is 9.53 Å². The zero-order valence-corrected chi connectivity index (χ0v) is 18.2. The number of aryl methyl sites for hydroxylation is 2. The van der Waals surface area contributed by atoms with E-state index in [1.165, 1.54) is 7.11 Å². The highest BCUT2D eigenvalue weighted by Crippen LogP contribution is 2.36. The summed E-state index contributed by atoms with van der Waals surface area (Å²) in [7, 11) is 3.21. The van der Waals surface area contributed by atoms with Crippen molar-refractivity contribution in [1.29, 1.82) is 5.26 Å². The first-order valence-corrected chi connectivity index (χ1v) is 9.65. The van der Waals surface area contributed by atoms with Crippen molar-refractivity contribution in [3.8, 4) is 28.6 Å². The molecule has 28 heavy (non-hydrogen) atoms. The predicted molar refractivity (Wildman–Crippen MR) is 115 cm³/mol. The number of aromatic nitrogens is 3. The van der Waals surface area contributed by atoms with Gasteiger partial charge in [-0.3, -0.25) is 9.67 Å². The van der Waals surface area contributed by atoms with Gasteiger partial charge in [0.1, 0.15) is 3.42 Å². The predicted octanol–water partition coefficient (Wildman–Crippen LogP) is 4.42. The van der Waals surface area contributed by atoms with Crippen LogP contribution >= 0.6 is 22.6 Å². The molecule has 142 valence electrons.